The summed E-state index contributed by atoms with van der Waals surface area (Å²) in [6.45, 7) is -0.711. The van der Waals surface area contributed by atoms with Crippen LogP contribution < -0.4 is 10.9 Å². The predicted molar refractivity (Wildman–Crippen MR) is 88.0 cm³/mol. The fourth-order valence-corrected chi connectivity index (χ4v) is 2.43. The van der Waals surface area contributed by atoms with Crippen molar-refractivity contribution < 1.29 is 23.5 Å². The molecule has 0 saturated heterocycles. The van der Waals surface area contributed by atoms with E-state index >= 15 is 0 Å². The van der Waals surface area contributed by atoms with E-state index in [4.69, 9.17) is 0 Å². The van der Waals surface area contributed by atoms with Crippen LogP contribution >= 0.6 is 0 Å². The van der Waals surface area contributed by atoms with Crippen LogP contribution in [0.4, 0.5) is 14.5 Å². The van der Waals surface area contributed by atoms with Crippen LogP contribution in [0.25, 0.3) is 10.8 Å². The first-order chi connectivity index (χ1) is 12.4. The summed E-state index contributed by atoms with van der Waals surface area (Å²) >= 11 is 0. The standard InChI is InChI=1S/C17H11F2N3O4/c18-11-6-3-7-12(19)15(11)20-13(23)8-22-16(24)10-5-2-1-4-9(10)14(21-22)17(25)26/h1-7H,8H2,(H,20,23)(H,25,26). The summed E-state index contributed by atoms with van der Waals surface area (Å²) in [5.74, 6) is -4.28. The van der Waals surface area contributed by atoms with E-state index in [9.17, 15) is 28.3 Å². The number of aromatic carboxylic acids is 1. The number of nitrogens with one attached hydrogen (secondary N) is 1. The number of fused-ring (bicyclic) bond motifs is 1. The Kier molecular flexibility index (Phi) is 4.44. The number of aromatic nitrogens is 2. The lowest BCUT2D eigenvalue weighted by Gasteiger charge is -2.10. The zero-order chi connectivity index (χ0) is 18.8. The molecule has 2 aromatic carbocycles. The van der Waals surface area contributed by atoms with E-state index in [1.54, 1.807) is 6.07 Å². The molecule has 26 heavy (non-hydrogen) atoms. The number of carboxylic acids is 1. The average Bonchev–Trinajstić information content (AvgIpc) is 2.60. The zero-order valence-electron chi connectivity index (χ0n) is 13.1. The lowest BCUT2D eigenvalue weighted by atomic mass is 10.1. The molecule has 0 radical (unpaired) electrons. The highest BCUT2D eigenvalue weighted by Gasteiger charge is 2.18. The molecule has 3 aromatic rings. The van der Waals surface area contributed by atoms with E-state index in [0.29, 0.717) is 4.68 Å². The van der Waals surface area contributed by atoms with Crippen LogP contribution in [0.5, 0.6) is 0 Å². The third-order valence-electron chi connectivity index (χ3n) is 3.59. The van der Waals surface area contributed by atoms with Crippen molar-refractivity contribution in [2.75, 3.05) is 5.32 Å². The number of carboxylic acid groups (broad SMARTS) is 1. The van der Waals surface area contributed by atoms with Gasteiger partial charge in [-0.25, -0.2) is 18.3 Å². The second-order valence-corrected chi connectivity index (χ2v) is 5.31. The van der Waals surface area contributed by atoms with Crippen molar-refractivity contribution in [2.45, 2.75) is 6.54 Å². The number of benzene rings is 2. The van der Waals surface area contributed by atoms with Gasteiger partial charge in [0.15, 0.2) is 5.69 Å². The van der Waals surface area contributed by atoms with E-state index in [1.807, 2.05) is 5.32 Å². The second-order valence-electron chi connectivity index (χ2n) is 5.31. The van der Waals surface area contributed by atoms with Crippen LogP contribution in [0.1, 0.15) is 10.5 Å². The Morgan fingerprint density at radius 3 is 2.27 bits per heavy atom. The Labute approximate surface area is 144 Å². The Bertz CT molecular complexity index is 1070. The van der Waals surface area contributed by atoms with Crippen LogP contribution in [0.15, 0.2) is 47.3 Å². The summed E-state index contributed by atoms with van der Waals surface area (Å²) in [6, 6.07) is 8.96. The van der Waals surface area contributed by atoms with Crippen molar-refractivity contribution in [3.63, 3.8) is 0 Å². The minimum atomic E-state index is -1.38. The molecule has 132 valence electrons. The zero-order valence-corrected chi connectivity index (χ0v) is 13.1. The molecule has 0 aliphatic rings. The maximum Gasteiger partial charge on any atom is 0.357 e. The summed E-state index contributed by atoms with van der Waals surface area (Å²) in [5.41, 5.74) is -1.77. The molecule has 9 heteroatoms. The number of para-hydroxylation sites is 1. The van der Waals surface area contributed by atoms with Crippen molar-refractivity contribution in [2.24, 2.45) is 0 Å². The third-order valence-corrected chi connectivity index (χ3v) is 3.59. The van der Waals surface area contributed by atoms with E-state index < -0.39 is 47.0 Å². The lowest BCUT2D eigenvalue weighted by molar-refractivity contribution is -0.117. The topological polar surface area (TPSA) is 101 Å². The van der Waals surface area contributed by atoms with Crippen LogP contribution in [0.2, 0.25) is 0 Å². The van der Waals surface area contributed by atoms with E-state index in [1.165, 1.54) is 18.2 Å². The van der Waals surface area contributed by atoms with E-state index in [2.05, 4.69) is 5.10 Å². The van der Waals surface area contributed by atoms with Gasteiger partial charge in [0.25, 0.3) is 5.56 Å². The monoisotopic (exact) mass is 359 g/mol. The van der Waals surface area contributed by atoms with Gasteiger partial charge in [0, 0.05) is 5.39 Å². The van der Waals surface area contributed by atoms with E-state index in [0.717, 1.165) is 18.2 Å². The van der Waals surface area contributed by atoms with Gasteiger partial charge in [-0.15, -0.1) is 0 Å². The number of carbonyl (C=O) groups is 2. The number of carbonyl (C=O) groups excluding carboxylic acids is 1. The number of anilines is 1. The first-order valence-electron chi connectivity index (χ1n) is 7.35. The van der Waals surface area contributed by atoms with Gasteiger partial charge in [-0.2, -0.15) is 5.10 Å². The molecule has 0 unspecified atom stereocenters. The molecule has 1 heterocycles. The maximum absolute atomic E-state index is 13.6. The van der Waals surface area contributed by atoms with Crippen molar-refractivity contribution in [1.82, 2.24) is 9.78 Å². The van der Waals surface area contributed by atoms with Crippen molar-refractivity contribution in [3.8, 4) is 0 Å². The number of halogens is 2. The highest BCUT2D eigenvalue weighted by Crippen LogP contribution is 2.18. The first-order valence-corrected chi connectivity index (χ1v) is 7.35. The number of nitrogens with zero attached hydrogens (tertiary/aromatic N) is 2. The molecule has 3 rings (SSSR count). The minimum absolute atomic E-state index is 0.0600. The van der Waals surface area contributed by atoms with Gasteiger partial charge in [0.05, 0.1) is 5.39 Å². The second kappa shape index (κ2) is 6.71. The molecule has 1 amide bonds. The van der Waals surface area contributed by atoms with Crippen molar-refractivity contribution in [1.29, 1.82) is 0 Å². The number of rotatable bonds is 4. The van der Waals surface area contributed by atoms with Gasteiger partial charge in [-0.05, 0) is 18.2 Å². The molecular formula is C17H11F2N3O4. The van der Waals surface area contributed by atoms with Gasteiger partial charge in [-0.1, -0.05) is 24.3 Å². The molecule has 0 saturated carbocycles. The Balaban J connectivity index is 1.98. The molecule has 2 N–H and O–H groups in total. The minimum Gasteiger partial charge on any atom is -0.476 e. The molecule has 7 nitrogen and oxygen atoms in total. The fraction of sp³-hybridized carbons (Fsp3) is 0.0588. The summed E-state index contributed by atoms with van der Waals surface area (Å²) < 4.78 is 27.8. The van der Waals surface area contributed by atoms with Crippen LogP contribution in [-0.4, -0.2) is 26.8 Å². The van der Waals surface area contributed by atoms with Crippen molar-refractivity contribution >= 4 is 28.3 Å². The molecule has 0 spiro atoms. The molecule has 1 aromatic heterocycles. The SMILES string of the molecule is O=C(Cn1nc(C(=O)O)c2ccccc2c1=O)Nc1c(F)cccc1F. The quantitative estimate of drug-likeness (QED) is 0.742. The largest absolute Gasteiger partial charge is 0.476 e. The van der Waals surface area contributed by atoms with Crippen LogP contribution in [-0.2, 0) is 11.3 Å². The maximum atomic E-state index is 13.6. The van der Waals surface area contributed by atoms with Crippen LogP contribution in [0.3, 0.4) is 0 Å². The number of hydrogen-bond acceptors (Lipinski definition) is 4. The molecular weight excluding hydrogens is 348 g/mol. The highest BCUT2D eigenvalue weighted by molar-refractivity contribution is 6.01. The summed E-state index contributed by atoms with van der Waals surface area (Å²) in [5, 5.41) is 15.1. The fourth-order valence-electron chi connectivity index (χ4n) is 2.43. The Morgan fingerprint density at radius 1 is 1.04 bits per heavy atom. The summed E-state index contributed by atoms with van der Waals surface area (Å²) in [7, 11) is 0. The van der Waals surface area contributed by atoms with Gasteiger partial charge >= 0.3 is 5.97 Å². The smallest absolute Gasteiger partial charge is 0.357 e. The van der Waals surface area contributed by atoms with E-state index in [-0.39, 0.29) is 10.8 Å². The van der Waals surface area contributed by atoms with Gasteiger partial charge in [0.2, 0.25) is 5.91 Å². The first kappa shape index (κ1) is 17.2. The summed E-state index contributed by atoms with van der Waals surface area (Å²) in [6.07, 6.45) is 0. The molecule has 0 aliphatic heterocycles. The number of hydrogen-bond donors (Lipinski definition) is 2. The highest BCUT2D eigenvalue weighted by atomic mass is 19.1. The molecule has 0 aliphatic carbocycles. The molecule has 0 bridgehead atoms. The van der Waals surface area contributed by atoms with Gasteiger partial charge < -0.3 is 10.4 Å². The molecule has 0 atom stereocenters. The molecule has 0 fully saturated rings. The Hall–Kier alpha value is -3.62. The predicted octanol–water partition coefficient (Wildman–Crippen LogP) is 2.01. The van der Waals surface area contributed by atoms with Gasteiger partial charge in [-0.3, -0.25) is 9.59 Å². The normalized spacial score (nSPS) is 10.7. The number of amides is 1. The lowest BCUT2D eigenvalue weighted by Crippen LogP contribution is -2.31. The van der Waals surface area contributed by atoms with Crippen LogP contribution in [0, 0.1) is 11.6 Å². The average molecular weight is 359 g/mol. The Morgan fingerprint density at radius 2 is 1.65 bits per heavy atom. The van der Waals surface area contributed by atoms with Crippen molar-refractivity contribution in [3.05, 3.63) is 70.1 Å². The summed E-state index contributed by atoms with van der Waals surface area (Å²) in [4.78, 5) is 35.8. The van der Waals surface area contributed by atoms with Gasteiger partial charge in [0.1, 0.15) is 23.9 Å². The third kappa shape index (κ3) is 3.14.